The Morgan fingerprint density at radius 1 is 0.591 bits per heavy atom. The summed E-state index contributed by atoms with van der Waals surface area (Å²) < 4.78 is 0. The fourth-order valence-corrected chi connectivity index (χ4v) is 4.36. The van der Waals surface area contributed by atoms with Gasteiger partial charge < -0.3 is 9.80 Å². The summed E-state index contributed by atoms with van der Waals surface area (Å²) in [5.74, 6) is 0.925. The van der Waals surface area contributed by atoms with Gasteiger partial charge in [0.25, 0.3) is 0 Å². The van der Waals surface area contributed by atoms with E-state index in [-0.39, 0.29) is 11.8 Å². The molecule has 0 spiro atoms. The zero-order chi connectivity index (χ0) is 15.4. The van der Waals surface area contributed by atoms with E-state index in [0.717, 1.165) is 58.2 Å². The van der Waals surface area contributed by atoms with E-state index in [1.165, 1.54) is 25.7 Å². The summed E-state index contributed by atoms with van der Waals surface area (Å²) in [5, 5.41) is 0. The van der Waals surface area contributed by atoms with Gasteiger partial charge >= 0.3 is 0 Å². The highest BCUT2D eigenvalue weighted by molar-refractivity contribution is 5.82. The number of rotatable bonds is 2. The molecular weight excluding hydrogens is 276 g/mol. The maximum absolute atomic E-state index is 12.7. The lowest BCUT2D eigenvalue weighted by molar-refractivity contribution is -0.143. The summed E-state index contributed by atoms with van der Waals surface area (Å²) in [4.78, 5) is 29.4. The number of hydrogen-bond donors (Lipinski definition) is 0. The van der Waals surface area contributed by atoms with Crippen LogP contribution in [0.25, 0.3) is 0 Å². The normalized spacial score (nSPS) is 27.7. The monoisotopic (exact) mass is 306 g/mol. The zero-order valence-corrected chi connectivity index (χ0v) is 13.8. The first-order valence-corrected chi connectivity index (χ1v) is 9.33. The fourth-order valence-electron chi connectivity index (χ4n) is 4.36. The summed E-state index contributed by atoms with van der Waals surface area (Å²) in [7, 11) is 0. The molecule has 1 aliphatic carbocycles. The molecule has 2 amide bonds. The summed E-state index contributed by atoms with van der Waals surface area (Å²) in [6.07, 6.45) is 11.3. The number of piperidine rings is 2. The van der Waals surface area contributed by atoms with Gasteiger partial charge in [0.15, 0.2) is 0 Å². The first-order chi connectivity index (χ1) is 10.8. The Bertz CT molecular complexity index is 362. The van der Waals surface area contributed by atoms with Crippen LogP contribution in [-0.4, -0.2) is 47.8 Å². The lowest BCUT2D eigenvalue weighted by atomic mass is 9.87. The number of carbonyl (C=O) groups is 2. The van der Waals surface area contributed by atoms with Crippen LogP contribution in [0, 0.1) is 11.8 Å². The smallest absolute Gasteiger partial charge is 0.227 e. The predicted molar refractivity (Wildman–Crippen MR) is 86.3 cm³/mol. The first-order valence-electron chi connectivity index (χ1n) is 9.33. The van der Waals surface area contributed by atoms with Crippen molar-refractivity contribution in [2.45, 2.75) is 64.2 Å². The molecule has 0 aromatic rings. The van der Waals surface area contributed by atoms with E-state index in [0.29, 0.717) is 18.4 Å². The number of hydrogen-bond acceptors (Lipinski definition) is 2. The van der Waals surface area contributed by atoms with E-state index in [9.17, 15) is 9.59 Å². The standard InChI is InChI=1S/C18H30N2O2/c21-17(15-8-3-1-4-9-15)20-13-7-10-16(14-20)18(22)19-11-5-2-6-12-19/h15-16H,1-14H2. The van der Waals surface area contributed by atoms with E-state index in [1.807, 2.05) is 9.80 Å². The minimum atomic E-state index is 0.0550. The minimum Gasteiger partial charge on any atom is -0.342 e. The lowest BCUT2D eigenvalue weighted by Gasteiger charge is -2.38. The molecule has 0 N–H and O–H groups in total. The van der Waals surface area contributed by atoms with E-state index < -0.39 is 0 Å². The second kappa shape index (κ2) is 7.47. The van der Waals surface area contributed by atoms with Crippen LogP contribution in [0.5, 0.6) is 0 Å². The summed E-state index contributed by atoms with van der Waals surface area (Å²) in [6.45, 7) is 3.38. The maximum atomic E-state index is 12.7. The molecule has 22 heavy (non-hydrogen) atoms. The number of amides is 2. The molecule has 3 fully saturated rings. The topological polar surface area (TPSA) is 40.6 Å². The maximum Gasteiger partial charge on any atom is 0.227 e. The molecule has 1 atom stereocenters. The first kappa shape index (κ1) is 15.8. The summed E-state index contributed by atoms with van der Waals surface area (Å²) in [5.41, 5.74) is 0. The Balaban J connectivity index is 1.56. The molecule has 2 heterocycles. The van der Waals surface area contributed by atoms with Gasteiger partial charge in [-0.05, 0) is 44.9 Å². The van der Waals surface area contributed by atoms with Crippen LogP contribution < -0.4 is 0 Å². The van der Waals surface area contributed by atoms with Crippen LogP contribution in [0.2, 0.25) is 0 Å². The Hall–Kier alpha value is -1.06. The molecule has 0 aromatic heterocycles. The summed E-state index contributed by atoms with van der Waals surface area (Å²) >= 11 is 0. The molecule has 2 saturated heterocycles. The van der Waals surface area contributed by atoms with Gasteiger partial charge in [0.1, 0.15) is 0 Å². The average molecular weight is 306 g/mol. The van der Waals surface area contributed by atoms with E-state index >= 15 is 0 Å². The van der Waals surface area contributed by atoms with Crippen LogP contribution in [0.4, 0.5) is 0 Å². The molecule has 1 saturated carbocycles. The zero-order valence-electron chi connectivity index (χ0n) is 13.8. The van der Waals surface area contributed by atoms with Crippen molar-refractivity contribution in [1.82, 2.24) is 9.80 Å². The minimum absolute atomic E-state index is 0.0550. The third-order valence-corrected chi connectivity index (χ3v) is 5.70. The molecule has 3 aliphatic rings. The van der Waals surface area contributed by atoms with Crippen molar-refractivity contribution in [3.8, 4) is 0 Å². The van der Waals surface area contributed by atoms with E-state index in [4.69, 9.17) is 0 Å². The highest BCUT2D eigenvalue weighted by atomic mass is 16.2. The highest BCUT2D eigenvalue weighted by Crippen LogP contribution is 2.28. The van der Waals surface area contributed by atoms with Crippen molar-refractivity contribution in [2.75, 3.05) is 26.2 Å². The lowest BCUT2D eigenvalue weighted by Crippen LogP contribution is -2.49. The molecular formula is C18H30N2O2. The van der Waals surface area contributed by atoms with Crippen molar-refractivity contribution in [2.24, 2.45) is 11.8 Å². The van der Waals surface area contributed by atoms with Crippen LogP contribution >= 0.6 is 0 Å². The van der Waals surface area contributed by atoms with Gasteiger partial charge in [0.2, 0.25) is 11.8 Å². The molecule has 2 aliphatic heterocycles. The van der Waals surface area contributed by atoms with Crippen molar-refractivity contribution in [3.05, 3.63) is 0 Å². The molecule has 0 bridgehead atoms. The molecule has 3 rings (SSSR count). The van der Waals surface area contributed by atoms with Gasteiger partial charge in [-0.15, -0.1) is 0 Å². The third-order valence-electron chi connectivity index (χ3n) is 5.70. The Kier molecular flexibility index (Phi) is 5.37. The average Bonchev–Trinajstić information content (AvgIpc) is 2.62. The predicted octanol–water partition coefficient (Wildman–Crippen LogP) is 2.82. The van der Waals surface area contributed by atoms with Crippen LogP contribution in [0.15, 0.2) is 0 Å². The number of likely N-dealkylation sites (tertiary alicyclic amines) is 2. The Morgan fingerprint density at radius 2 is 1.14 bits per heavy atom. The van der Waals surface area contributed by atoms with Crippen molar-refractivity contribution >= 4 is 11.8 Å². The van der Waals surface area contributed by atoms with Gasteiger partial charge in [-0.25, -0.2) is 0 Å². The van der Waals surface area contributed by atoms with Crippen molar-refractivity contribution in [3.63, 3.8) is 0 Å². The third kappa shape index (κ3) is 3.64. The van der Waals surface area contributed by atoms with E-state index in [1.54, 1.807) is 0 Å². The van der Waals surface area contributed by atoms with Gasteiger partial charge in [-0.2, -0.15) is 0 Å². The van der Waals surface area contributed by atoms with Crippen LogP contribution in [0.1, 0.15) is 64.2 Å². The van der Waals surface area contributed by atoms with Gasteiger partial charge in [-0.1, -0.05) is 19.3 Å². The number of nitrogens with zero attached hydrogens (tertiary/aromatic N) is 2. The highest BCUT2D eigenvalue weighted by Gasteiger charge is 2.34. The van der Waals surface area contributed by atoms with Crippen LogP contribution in [-0.2, 0) is 9.59 Å². The molecule has 1 unspecified atom stereocenters. The molecule has 4 nitrogen and oxygen atoms in total. The van der Waals surface area contributed by atoms with Crippen molar-refractivity contribution in [1.29, 1.82) is 0 Å². The Labute approximate surface area is 134 Å². The summed E-state index contributed by atoms with van der Waals surface area (Å²) in [6, 6.07) is 0. The second-order valence-corrected chi connectivity index (χ2v) is 7.34. The largest absolute Gasteiger partial charge is 0.342 e. The van der Waals surface area contributed by atoms with Crippen LogP contribution in [0.3, 0.4) is 0 Å². The molecule has 4 heteroatoms. The quantitative estimate of drug-likeness (QED) is 0.787. The van der Waals surface area contributed by atoms with Gasteiger partial charge in [0.05, 0.1) is 5.92 Å². The van der Waals surface area contributed by atoms with Crippen molar-refractivity contribution < 1.29 is 9.59 Å². The molecule has 0 aromatic carbocycles. The second-order valence-electron chi connectivity index (χ2n) is 7.34. The Morgan fingerprint density at radius 3 is 1.86 bits per heavy atom. The molecule has 0 radical (unpaired) electrons. The fraction of sp³-hybridized carbons (Fsp3) is 0.889. The SMILES string of the molecule is O=C(C1CCCN(C(=O)C2CCCCC2)C1)N1CCCCC1. The van der Waals surface area contributed by atoms with Gasteiger partial charge in [-0.3, -0.25) is 9.59 Å². The number of carbonyl (C=O) groups excluding carboxylic acids is 2. The molecule has 124 valence electrons. The van der Waals surface area contributed by atoms with Gasteiger partial charge in [0, 0.05) is 32.1 Å². The van der Waals surface area contributed by atoms with E-state index in [2.05, 4.69) is 0 Å².